The molecule has 0 bridgehead atoms. The molecule has 0 N–H and O–H groups in total. The van der Waals surface area contributed by atoms with Crippen molar-refractivity contribution in [2.24, 2.45) is 0 Å². The van der Waals surface area contributed by atoms with E-state index in [0.29, 0.717) is 36.9 Å². The monoisotopic (exact) mass is 337 g/mol. The lowest BCUT2D eigenvalue weighted by Crippen LogP contribution is -2.29. The molecule has 7 nitrogen and oxygen atoms in total. The van der Waals surface area contributed by atoms with E-state index in [4.69, 9.17) is 4.42 Å². The van der Waals surface area contributed by atoms with E-state index >= 15 is 0 Å². The van der Waals surface area contributed by atoms with Crippen LogP contribution in [-0.4, -0.2) is 44.6 Å². The lowest BCUT2D eigenvalue weighted by atomic mass is 10.2. The van der Waals surface area contributed by atoms with Crippen molar-refractivity contribution in [3.63, 3.8) is 0 Å². The van der Waals surface area contributed by atoms with E-state index in [-0.39, 0.29) is 5.91 Å². The normalized spacial score (nSPS) is 10.6. The fourth-order valence-electron chi connectivity index (χ4n) is 2.32. The number of likely N-dealkylation sites (N-methyl/N-ethyl adjacent to an activating group) is 1. The third kappa shape index (κ3) is 4.69. The van der Waals surface area contributed by atoms with Crippen LogP contribution in [0.2, 0.25) is 0 Å². The van der Waals surface area contributed by atoms with Gasteiger partial charge in [0, 0.05) is 45.0 Å². The number of rotatable bonds is 7. The first-order valence-electron chi connectivity index (χ1n) is 8.09. The highest BCUT2D eigenvalue weighted by Crippen LogP contribution is 2.15. The van der Waals surface area contributed by atoms with Crippen LogP contribution in [-0.2, 0) is 17.6 Å². The summed E-state index contributed by atoms with van der Waals surface area (Å²) in [5.74, 6) is 0.859. The maximum atomic E-state index is 12.2. The third-order valence-corrected chi connectivity index (χ3v) is 3.81. The van der Waals surface area contributed by atoms with Crippen molar-refractivity contribution >= 4 is 5.91 Å². The Bertz CT molecular complexity index is 805. The summed E-state index contributed by atoms with van der Waals surface area (Å²) in [5, 5.41) is 7.96. The van der Waals surface area contributed by atoms with Crippen LogP contribution in [0.3, 0.4) is 0 Å². The predicted molar refractivity (Wildman–Crippen MR) is 91.4 cm³/mol. The van der Waals surface area contributed by atoms with E-state index in [1.54, 1.807) is 36.6 Å². The number of hydrogen-bond acceptors (Lipinski definition) is 6. The second-order valence-corrected chi connectivity index (χ2v) is 5.64. The number of hydrogen-bond donors (Lipinski definition) is 0. The lowest BCUT2D eigenvalue weighted by Gasteiger charge is -2.16. The lowest BCUT2D eigenvalue weighted by molar-refractivity contribution is -0.129. The van der Waals surface area contributed by atoms with Crippen molar-refractivity contribution in [3.05, 3.63) is 60.4 Å². The minimum atomic E-state index is 0.0478. The Morgan fingerprint density at radius 2 is 1.92 bits per heavy atom. The topological polar surface area (TPSA) is 85.0 Å². The first kappa shape index (κ1) is 16.8. The maximum absolute atomic E-state index is 12.2. The molecule has 3 aromatic heterocycles. The molecule has 0 aliphatic heterocycles. The standard InChI is InChI=1S/C18H19N5O2/c1-23(13-9-14-7-11-19-12-8-14)17(24)6-5-16-21-22-18(25-16)15-4-2-3-10-20-15/h2-4,7-8,10-12H,5-6,9,13H2,1H3. The van der Waals surface area contributed by atoms with Gasteiger partial charge in [-0.05, 0) is 36.2 Å². The van der Waals surface area contributed by atoms with E-state index in [9.17, 15) is 4.79 Å². The number of amides is 1. The van der Waals surface area contributed by atoms with Gasteiger partial charge in [-0.1, -0.05) is 6.07 Å². The Morgan fingerprint density at radius 3 is 2.68 bits per heavy atom. The van der Waals surface area contributed by atoms with Crippen LogP contribution >= 0.6 is 0 Å². The van der Waals surface area contributed by atoms with Crippen LogP contribution in [0.25, 0.3) is 11.6 Å². The average Bonchev–Trinajstić information content (AvgIpc) is 3.15. The molecule has 0 aliphatic carbocycles. The number of carbonyl (C=O) groups excluding carboxylic acids is 1. The van der Waals surface area contributed by atoms with E-state index in [2.05, 4.69) is 20.2 Å². The number of aromatic nitrogens is 4. The summed E-state index contributed by atoms with van der Waals surface area (Å²) < 4.78 is 5.57. The van der Waals surface area contributed by atoms with Crippen molar-refractivity contribution < 1.29 is 9.21 Å². The summed E-state index contributed by atoms with van der Waals surface area (Å²) in [6, 6.07) is 9.38. The Kier molecular flexibility index (Phi) is 5.46. The number of pyridine rings is 2. The molecule has 0 fully saturated rings. The Morgan fingerprint density at radius 1 is 1.08 bits per heavy atom. The molecule has 0 atom stereocenters. The minimum absolute atomic E-state index is 0.0478. The SMILES string of the molecule is CN(CCc1ccncc1)C(=O)CCc1nnc(-c2ccccn2)o1. The van der Waals surface area contributed by atoms with Crippen molar-refractivity contribution in [2.75, 3.05) is 13.6 Å². The molecule has 0 saturated carbocycles. The van der Waals surface area contributed by atoms with Gasteiger partial charge in [-0.15, -0.1) is 10.2 Å². The molecule has 3 heterocycles. The van der Waals surface area contributed by atoms with Gasteiger partial charge in [0.05, 0.1) is 0 Å². The van der Waals surface area contributed by atoms with Gasteiger partial charge in [0.15, 0.2) is 0 Å². The first-order valence-corrected chi connectivity index (χ1v) is 8.09. The summed E-state index contributed by atoms with van der Waals surface area (Å²) in [4.78, 5) is 22.1. The molecule has 3 rings (SSSR count). The fourth-order valence-corrected chi connectivity index (χ4v) is 2.32. The predicted octanol–water partition coefficient (Wildman–Crippen LogP) is 2.16. The largest absolute Gasteiger partial charge is 0.419 e. The second kappa shape index (κ2) is 8.14. The van der Waals surface area contributed by atoms with Crippen molar-refractivity contribution in [1.29, 1.82) is 0 Å². The van der Waals surface area contributed by atoms with Crippen LogP contribution in [0.5, 0.6) is 0 Å². The van der Waals surface area contributed by atoms with E-state index in [1.807, 2.05) is 24.3 Å². The quantitative estimate of drug-likeness (QED) is 0.657. The van der Waals surface area contributed by atoms with E-state index in [0.717, 1.165) is 12.0 Å². The van der Waals surface area contributed by atoms with Crippen molar-refractivity contribution in [2.45, 2.75) is 19.3 Å². The summed E-state index contributed by atoms with van der Waals surface area (Å²) >= 11 is 0. The molecule has 0 saturated heterocycles. The fraction of sp³-hybridized carbons (Fsp3) is 0.278. The zero-order valence-corrected chi connectivity index (χ0v) is 14.0. The second-order valence-electron chi connectivity index (χ2n) is 5.64. The molecule has 0 radical (unpaired) electrons. The van der Waals surface area contributed by atoms with Crippen molar-refractivity contribution in [1.82, 2.24) is 25.1 Å². The molecule has 1 amide bonds. The van der Waals surface area contributed by atoms with Crippen LogP contribution < -0.4 is 0 Å². The molecule has 128 valence electrons. The Balaban J connectivity index is 1.48. The highest BCUT2D eigenvalue weighted by atomic mass is 16.4. The molecular weight excluding hydrogens is 318 g/mol. The zero-order valence-electron chi connectivity index (χ0n) is 14.0. The van der Waals surface area contributed by atoms with Gasteiger partial charge in [-0.2, -0.15) is 0 Å². The first-order chi connectivity index (χ1) is 12.2. The third-order valence-electron chi connectivity index (χ3n) is 3.81. The summed E-state index contributed by atoms with van der Waals surface area (Å²) in [7, 11) is 1.80. The van der Waals surface area contributed by atoms with Crippen LogP contribution in [0.4, 0.5) is 0 Å². The van der Waals surface area contributed by atoms with Crippen LogP contribution in [0.15, 0.2) is 53.3 Å². The smallest absolute Gasteiger partial charge is 0.266 e. The molecule has 3 aromatic rings. The van der Waals surface area contributed by atoms with Gasteiger partial charge in [0.25, 0.3) is 5.89 Å². The molecule has 25 heavy (non-hydrogen) atoms. The summed E-state index contributed by atoms with van der Waals surface area (Å²) in [6.45, 7) is 0.659. The number of carbonyl (C=O) groups is 1. The van der Waals surface area contributed by atoms with Crippen LogP contribution in [0, 0.1) is 0 Å². The van der Waals surface area contributed by atoms with E-state index in [1.165, 1.54) is 0 Å². The average molecular weight is 337 g/mol. The Hall–Kier alpha value is -3.09. The molecule has 7 heteroatoms. The van der Waals surface area contributed by atoms with Gasteiger partial charge in [-0.3, -0.25) is 14.8 Å². The minimum Gasteiger partial charge on any atom is -0.419 e. The molecule has 0 unspecified atom stereocenters. The highest BCUT2D eigenvalue weighted by molar-refractivity contribution is 5.76. The number of aryl methyl sites for hydroxylation is 1. The molecule has 0 aromatic carbocycles. The molecule has 0 aliphatic rings. The summed E-state index contributed by atoms with van der Waals surface area (Å²) in [6.07, 6.45) is 6.72. The Labute approximate surface area is 145 Å². The maximum Gasteiger partial charge on any atom is 0.266 e. The van der Waals surface area contributed by atoms with E-state index < -0.39 is 0 Å². The zero-order chi connectivity index (χ0) is 17.5. The molecular formula is C18H19N5O2. The van der Waals surface area contributed by atoms with Crippen LogP contribution in [0.1, 0.15) is 17.9 Å². The van der Waals surface area contributed by atoms with Gasteiger partial charge >= 0.3 is 0 Å². The molecule has 0 spiro atoms. The van der Waals surface area contributed by atoms with Gasteiger partial charge in [0.2, 0.25) is 11.8 Å². The summed E-state index contributed by atoms with van der Waals surface area (Å²) in [5.41, 5.74) is 1.79. The highest BCUT2D eigenvalue weighted by Gasteiger charge is 2.13. The van der Waals surface area contributed by atoms with Gasteiger partial charge in [-0.25, -0.2) is 0 Å². The number of nitrogens with zero attached hydrogens (tertiary/aromatic N) is 5. The van der Waals surface area contributed by atoms with Crippen molar-refractivity contribution in [3.8, 4) is 11.6 Å². The van der Waals surface area contributed by atoms with Gasteiger partial charge < -0.3 is 9.32 Å². The van der Waals surface area contributed by atoms with Gasteiger partial charge in [0.1, 0.15) is 5.69 Å².